The molecule has 0 spiro atoms. The van der Waals surface area contributed by atoms with Crippen molar-refractivity contribution in [1.82, 2.24) is 19.4 Å². The van der Waals surface area contributed by atoms with Crippen molar-refractivity contribution >= 4 is 54.7 Å². The van der Waals surface area contributed by atoms with Gasteiger partial charge >= 0.3 is 0 Å². The fourth-order valence-electron chi connectivity index (χ4n) is 3.86. The molecular weight excluding hydrogens is 622 g/mol. The summed E-state index contributed by atoms with van der Waals surface area (Å²) in [5.41, 5.74) is 9.03. The normalized spacial score (nSPS) is 12.6. The third-order valence-electron chi connectivity index (χ3n) is 6.48. The van der Waals surface area contributed by atoms with Gasteiger partial charge in [0.05, 0.1) is 26.9 Å². The number of rotatable bonds is 12. The quantitative estimate of drug-likeness (QED) is 0.111. The molecule has 5 N–H and O–H groups in total. The summed E-state index contributed by atoms with van der Waals surface area (Å²) in [6.07, 6.45) is 0. The molecule has 1 heterocycles. The molecule has 4 aromatic rings. The number of nitrogens with one attached hydrogen (secondary N) is 5. The lowest BCUT2D eigenvalue weighted by Crippen LogP contribution is -2.18. The third-order valence-corrected chi connectivity index (χ3v) is 9.34. The van der Waals surface area contributed by atoms with Gasteiger partial charge in [-0.15, -0.1) is 0 Å². The Kier molecular flexibility index (Phi) is 10.2. The van der Waals surface area contributed by atoms with Gasteiger partial charge in [-0.2, -0.15) is 20.2 Å². The van der Waals surface area contributed by atoms with Crippen LogP contribution < -0.4 is 25.6 Å². The molecule has 16 heteroatoms. The second kappa shape index (κ2) is 13.9. The predicted molar refractivity (Wildman–Crippen MR) is 173 cm³/mol. The molecule has 0 unspecified atom stereocenters. The zero-order valence-electron chi connectivity index (χ0n) is 25.0. The first-order valence-electron chi connectivity index (χ1n) is 13.4. The van der Waals surface area contributed by atoms with E-state index in [0.717, 1.165) is 5.56 Å². The van der Waals surface area contributed by atoms with E-state index >= 15 is 0 Å². The van der Waals surface area contributed by atoms with Crippen molar-refractivity contribution in [2.24, 2.45) is 10.2 Å². The van der Waals surface area contributed by atoms with Gasteiger partial charge in [0.1, 0.15) is 5.82 Å². The van der Waals surface area contributed by atoms with Crippen molar-refractivity contribution in [1.29, 1.82) is 0 Å². The summed E-state index contributed by atoms with van der Waals surface area (Å²) in [7, 11) is -4.48. The second-order valence-electron chi connectivity index (χ2n) is 9.65. The molecule has 0 aliphatic carbocycles. The molecule has 1 aromatic heterocycles. The van der Waals surface area contributed by atoms with Crippen molar-refractivity contribution in [2.75, 3.05) is 30.3 Å². The first-order chi connectivity index (χ1) is 21.3. The van der Waals surface area contributed by atoms with E-state index in [1.807, 2.05) is 0 Å². The lowest BCUT2D eigenvalue weighted by molar-refractivity contribution is 0.586. The van der Waals surface area contributed by atoms with Gasteiger partial charge in [0.15, 0.2) is 11.6 Å². The second-order valence-corrected chi connectivity index (χ2v) is 13.4. The van der Waals surface area contributed by atoms with Crippen LogP contribution in [0, 0.1) is 12.7 Å². The van der Waals surface area contributed by atoms with Crippen LogP contribution in [0.1, 0.15) is 30.5 Å². The average Bonchev–Trinajstić information content (AvgIpc) is 3.04. The monoisotopic (exact) mass is 653 g/mol. The molecule has 236 valence electrons. The Morgan fingerprint density at radius 1 is 0.689 bits per heavy atom. The molecule has 0 radical (unpaired) electrons. The zero-order valence-corrected chi connectivity index (χ0v) is 26.7. The van der Waals surface area contributed by atoms with Gasteiger partial charge in [0.25, 0.3) is 0 Å². The maximum absolute atomic E-state index is 14.6. The minimum Gasteiger partial charge on any atom is -0.322 e. The largest absolute Gasteiger partial charge is 0.322 e. The van der Waals surface area contributed by atoms with Crippen LogP contribution in [0.5, 0.6) is 0 Å². The Balaban J connectivity index is 1.61. The van der Waals surface area contributed by atoms with E-state index in [4.69, 9.17) is 0 Å². The number of hydrogen-bond donors (Lipinski definition) is 5. The zero-order chi connectivity index (χ0) is 32.8. The molecule has 0 bridgehead atoms. The smallest absolute Gasteiger partial charge is 0.240 e. The van der Waals surface area contributed by atoms with E-state index in [2.05, 4.69) is 45.8 Å². The fraction of sp³-hybridized carbons (Fsp3) is 0.172. The number of sulfonamides is 2. The van der Waals surface area contributed by atoms with E-state index in [0.29, 0.717) is 22.6 Å². The highest BCUT2D eigenvalue weighted by Crippen LogP contribution is 2.22. The maximum Gasteiger partial charge on any atom is 0.240 e. The van der Waals surface area contributed by atoms with Crippen LogP contribution in [0.15, 0.2) is 92.8 Å². The molecule has 0 atom stereocenters. The first-order valence-corrected chi connectivity index (χ1v) is 16.4. The van der Waals surface area contributed by atoms with E-state index in [1.165, 1.54) is 50.5 Å². The Labute approximate surface area is 261 Å². The molecule has 0 saturated heterocycles. The van der Waals surface area contributed by atoms with Gasteiger partial charge in [-0.1, -0.05) is 30.3 Å². The number of aryl methyl sites for hydroxylation is 1. The number of hydrazone groups is 2. The maximum atomic E-state index is 14.6. The summed E-state index contributed by atoms with van der Waals surface area (Å²) in [6.45, 7) is 5.24. The average molecular weight is 654 g/mol. The number of aromatic nitrogens is 2. The summed E-state index contributed by atoms with van der Waals surface area (Å²) in [4.78, 5) is 9.03. The molecule has 0 saturated carbocycles. The van der Waals surface area contributed by atoms with Gasteiger partial charge in [0.2, 0.25) is 26.0 Å². The number of hydrogen-bond acceptors (Lipinski definition) is 11. The molecule has 0 fully saturated rings. The first kappa shape index (κ1) is 33.1. The molecule has 4 rings (SSSR count). The minimum atomic E-state index is -3.58. The van der Waals surface area contributed by atoms with Crippen molar-refractivity contribution < 1.29 is 21.2 Å². The molecule has 45 heavy (non-hydrogen) atoms. The Hall–Kier alpha value is -4.77. The van der Waals surface area contributed by atoms with Crippen molar-refractivity contribution in [3.8, 4) is 0 Å². The van der Waals surface area contributed by atoms with E-state index in [9.17, 15) is 21.2 Å². The van der Waals surface area contributed by atoms with E-state index in [1.54, 1.807) is 57.2 Å². The van der Waals surface area contributed by atoms with E-state index < -0.39 is 25.9 Å². The van der Waals surface area contributed by atoms with Gasteiger partial charge in [0, 0.05) is 6.07 Å². The summed E-state index contributed by atoms with van der Waals surface area (Å²) in [5.74, 6) is 0.0485. The van der Waals surface area contributed by atoms with Crippen molar-refractivity contribution in [3.63, 3.8) is 0 Å². The number of halogens is 1. The number of nitrogens with zero attached hydrogens (tertiary/aromatic N) is 4. The summed E-state index contributed by atoms with van der Waals surface area (Å²) < 4.78 is 67.2. The molecule has 0 amide bonds. The van der Waals surface area contributed by atoms with Crippen LogP contribution in [0.4, 0.5) is 27.7 Å². The van der Waals surface area contributed by atoms with Crippen LogP contribution in [0.25, 0.3) is 0 Å². The van der Waals surface area contributed by atoms with Crippen LogP contribution in [-0.2, 0) is 20.0 Å². The highest BCUT2D eigenvalue weighted by Gasteiger charge is 2.13. The van der Waals surface area contributed by atoms with Gasteiger partial charge in [-0.3, -0.25) is 10.9 Å². The molecular formula is C29H32FN9O4S2. The van der Waals surface area contributed by atoms with Crippen LogP contribution in [0.2, 0.25) is 0 Å². The SMILES string of the molecule is CNS(=O)(=O)c1ccc(C(C)=NNc2cc(NN=C(C)c3ccc(S(=O)(=O)NC)cc3)nc(Nc3ccc(C)cc3F)n2)cc1. The molecule has 0 aliphatic heterocycles. The van der Waals surface area contributed by atoms with E-state index in [-0.39, 0.29) is 33.1 Å². The van der Waals surface area contributed by atoms with Gasteiger partial charge in [-0.25, -0.2) is 30.7 Å². The number of anilines is 4. The predicted octanol–water partition coefficient (Wildman–Crippen LogP) is 4.16. The minimum absolute atomic E-state index is 0.0502. The Morgan fingerprint density at radius 2 is 1.13 bits per heavy atom. The van der Waals surface area contributed by atoms with Crippen LogP contribution >= 0.6 is 0 Å². The lowest BCUT2D eigenvalue weighted by atomic mass is 10.1. The Bertz CT molecular complexity index is 1850. The standard InChI is InChI=1S/C29H32FN9O4S2/c1-18-6-15-26(25(30)16-18)33-29-34-27(38-36-19(2)21-7-11-23(12-8-21)44(40,41)31-4)17-28(35-29)39-37-20(3)22-9-13-24(14-10-22)45(42,43)32-5/h6-17,31-32H,1-5H3,(H3,33,34,35,38,39). The summed E-state index contributed by atoms with van der Waals surface area (Å²) in [6, 6.07) is 18.6. The lowest BCUT2D eigenvalue weighted by Gasteiger charge is -2.11. The Morgan fingerprint density at radius 3 is 1.53 bits per heavy atom. The van der Waals surface area contributed by atoms with Crippen molar-refractivity contribution in [2.45, 2.75) is 30.6 Å². The summed E-state index contributed by atoms with van der Waals surface area (Å²) in [5, 5.41) is 11.6. The fourth-order valence-corrected chi connectivity index (χ4v) is 5.32. The highest BCUT2D eigenvalue weighted by atomic mass is 32.2. The van der Waals surface area contributed by atoms with Gasteiger partial charge < -0.3 is 5.32 Å². The van der Waals surface area contributed by atoms with Gasteiger partial charge in [-0.05, 0) is 88.0 Å². The van der Waals surface area contributed by atoms with Crippen LogP contribution in [-0.4, -0.2) is 52.3 Å². The molecule has 3 aromatic carbocycles. The number of benzene rings is 3. The molecule has 0 aliphatic rings. The third kappa shape index (κ3) is 8.45. The molecule has 13 nitrogen and oxygen atoms in total. The highest BCUT2D eigenvalue weighted by molar-refractivity contribution is 7.89. The van der Waals surface area contributed by atoms with Crippen molar-refractivity contribution in [3.05, 3.63) is 95.3 Å². The topological polar surface area (TPSA) is 179 Å². The van der Waals surface area contributed by atoms with Crippen LogP contribution in [0.3, 0.4) is 0 Å². The summed E-state index contributed by atoms with van der Waals surface area (Å²) >= 11 is 0.